The van der Waals surface area contributed by atoms with E-state index in [9.17, 15) is 19.1 Å². The second kappa shape index (κ2) is 7.36. The van der Waals surface area contributed by atoms with Gasteiger partial charge in [0.05, 0.1) is 11.5 Å². The Morgan fingerprint density at radius 1 is 1.58 bits per heavy atom. The van der Waals surface area contributed by atoms with Crippen molar-refractivity contribution < 1.29 is 19.4 Å². The number of nitrogens with two attached hydrogens (primary N) is 1. The monoisotopic (exact) mass is 365 g/mol. The van der Waals surface area contributed by atoms with Crippen LogP contribution in [0.5, 0.6) is 0 Å². The molecule has 1 aliphatic heterocycles. The van der Waals surface area contributed by atoms with E-state index in [1.54, 1.807) is 4.90 Å². The smallest absolute Gasteiger partial charge is 0.341 e. The van der Waals surface area contributed by atoms with Gasteiger partial charge >= 0.3 is 5.97 Å². The summed E-state index contributed by atoms with van der Waals surface area (Å²) >= 11 is 0. The third-order valence-corrected chi connectivity index (χ3v) is 4.43. The molecule has 0 saturated carbocycles. The molecule has 1 saturated heterocycles. The first-order valence-corrected chi connectivity index (χ1v) is 8.22. The van der Waals surface area contributed by atoms with E-state index in [1.165, 1.54) is 0 Å². The Labute approximate surface area is 147 Å². The number of halogens is 1. The first-order valence-electron chi connectivity index (χ1n) is 8.22. The number of aromatic carboxylic acids is 1. The standard InChI is InChI=1S/C16H20FN5O4/c17-12-3-10-13(24)11(16(25)26)6-20-14(10)21-15(12)22-2-1-8(7-22)19-5-9(23)4-18/h3,6,8-9,19,23H,1-2,4-5,7,18H2,(H,25,26)(H,20,21,24). The summed E-state index contributed by atoms with van der Waals surface area (Å²) in [6, 6.07) is 1.07. The molecule has 0 aromatic carbocycles. The van der Waals surface area contributed by atoms with Gasteiger partial charge in [0.15, 0.2) is 11.6 Å². The van der Waals surface area contributed by atoms with Crippen molar-refractivity contribution in [1.82, 2.24) is 15.3 Å². The van der Waals surface area contributed by atoms with Gasteiger partial charge in [-0.3, -0.25) is 4.79 Å². The number of rotatable bonds is 6. The number of anilines is 1. The summed E-state index contributed by atoms with van der Waals surface area (Å²) in [6.45, 7) is 1.57. The maximum absolute atomic E-state index is 14.5. The van der Waals surface area contributed by atoms with Crippen molar-refractivity contribution in [2.24, 2.45) is 5.73 Å². The van der Waals surface area contributed by atoms with Crippen LogP contribution in [0.25, 0.3) is 11.0 Å². The van der Waals surface area contributed by atoms with E-state index in [0.29, 0.717) is 19.6 Å². The van der Waals surface area contributed by atoms with Crippen molar-refractivity contribution in [1.29, 1.82) is 0 Å². The number of pyridine rings is 2. The molecule has 0 spiro atoms. The number of nitrogens with one attached hydrogen (secondary N) is 2. The molecule has 3 heterocycles. The molecule has 3 rings (SSSR count). The summed E-state index contributed by atoms with van der Waals surface area (Å²) in [5.74, 6) is -1.97. The van der Waals surface area contributed by atoms with Gasteiger partial charge in [0, 0.05) is 38.4 Å². The first-order chi connectivity index (χ1) is 12.4. The second-order valence-electron chi connectivity index (χ2n) is 6.26. The molecule has 1 fully saturated rings. The van der Waals surface area contributed by atoms with E-state index < -0.39 is 28.9 Å². The Morgan fingerprint density at radius 2 is 2.35 bits per heavy atom. The summed E-state index contributed by atoms with van der Waals surface area (Å²) in [7, 11) is 0. The molecule has 0 radical (unpaired) electrons. The Bertz CT molecular complexity index is 887. The highest BCUT2D eigenvalue weighted by atomic mass is 19.1. The molecule has 9 nitrogen and oxygen atoms in total. The van der Waals surface area contributed by atoms with Crippen molar-refractivity contribution >= 4 is 22.8 Å². The zero-order chi connectivity index (χ0) is 18.8. The Balaban J connectivity index is 1.83. The highest BCUT2D eigenvalue weighted by Crippen LogP contribution is 2.24. The van der Waals surface area contributed by atoms with Gasteiger partial charge in [0.25, 0.3) is 0 Å². The average molecular weight is 365 g/mol. The Hall–Kier alpha value is -2.56. The van der Waals surface area contributed by atoms with Crippen molar-refractivity contribution in [2.75, 3.05) is 31.1 Å². The van der Waals surface area contributed by atoms with E-state index in [-0.39, 0.29) is 29.4 Å². The highest BCUT2D eigenvalue weighted by molar-refractivity contribution is 5.91. The predicted octanol–water partition coefficient (Wildman–Crippen LogP) is -0.752. The Morgan fingerprint density at radius 3 is 3.04 bits per heavy atom. The molecule has 0 bridgehead atoms. The van der Waals surface area contributed by atoms with Crippen molar-refractivity contribution in [3.63, 3.8) is 0 Å². The molecule has 6 N–H and O–H groups in total. The average Bonchev–Trinajstić information content (AvgIpc) is 3.08. The fraction of sp³-hybridized carbons (Fsp3) is 0.438. The van der Waals surface area contributed by atoms with Crippen LogP contribution in [0.1, 0.15) is 16.8 Å². The molecular formula is C16H20FN5O4. The number of aromatic nitrogens is 2. The molecule has 10 heteroatoms. The van der Waals surface area contributed by atoms with Crippen LogP contribution in [0.4, 0.5) is 10.2 Å². The third-order valence-electron chi connectivity index (χ3n) is 4.43. The molecule has 2 aromatic heterocycles. The molecule has 2 atom stereocenters. The summed E-state index contributed by atoms with van der Waals surface area (Å²) in [6.07, 6.45) is 1.17. The van der Waals surface area contributed by atoms with E-state index in [0.717, 1.165) is 18.7 Å². The van der Waals surface area contributed by atoms with Gasteiger partial charge in [-0.2, -0.15) is 0 Å². The van der Waals surface area contributed by atoms with Gasteiger partial charge in [-0.1, -0.05) is 0 Å². The maximum Gasteiger partial charge on any atom is 0.341 e. The molecule has 1 aliphatic rings. The number of H-pyrrole nitrogens is 1. The highest BCUT2D eigenvalue weighted by Gasteiger charge is 2.26. The summed E-state index contributed by atoms with van der Waals surface area (Å²) < 4.78 is 14.5. The summed E-state index contributed by atoms with van der Waals surface area (Å²) in [4.78, 5) is 31.7. The number of hydrogen-bond acceptors (Lipinski definition) is 7. The van der Waals surface area contributed by atoms with Gasteiger partial charge in [-0.05, 0) is 12.5 Å². The minimum Gasteiger partial charge on any atom is -0.477 e. The molecular weight excluding hydrogens is 345 g/mol. The second-order valence-corrected chi connectivity index (χ2v) is 6.26. The molecule has 2 unspecified atom stereocenters. The largest absolute Gasteiger partial charge is 0.477 e. The number of aliphatic hydroxyl groups is 1. The third kappa shape index (κ3) is 3.52. The normalized spacial score (nSPS) is 18.4. The number of hydrogen-bond donors (Lipinski definition) is 5. The number of carbonyl (C=O) groups is 1. The number of carboxylic acid groups (broad SMARTS) is 1. The number of nitrogens with zero attached hydrogens (tertiary/aromatic N) is 2. The van der Waals surface area contributed by atoms with Gasteiger partial charge in [0.2, 0.25) is 5.43 Å². The maximum atomic E-state index is 14.5. The van der Waals surface area contributed by atoms with E-state index >= 15 is 0 Å². The zero-order valence-electron chi connectivity index (χ0n) is 13.9. The van der Waals surface area contributed by atoms with Gasteiger partial charge in [-0.25, -0.2) is 14.2 Å². The topological polar surface area (TPSA) is 145 Å². The van der Waals surface area contributed by atoms with E-state index in [2.05, 4.69) is 15.3 Å². The minimum absolute atomic E-state index is 0.0570. The number of fused-ring (bicyclic) bond motifs is 1. The molecule has 0 aliphatic carbocycles. The SMILES string of the molecule is NCC(O)CNC1CCN(c2nc3[nH]cc(C(=O)O)c(=O)c3cc2F)C1. The number of carboxylic acids is 1. The first kappa shape index (κ1) is 18.2. The molecule has 2 aromatic rings. The van der Waals surface area contributed by atoms with E-state index in [4.69, 9.17) is 10.8 Å². The van der Waals surface area contributed by atoms with Crippen LogP contribution >= 0.6 is 0 Å². The van der Waals surface area contributed by atoms with Crippen molar-refractivity contribution in [3.8, 4) is 0 Å². The van der Waals surface area contributed by atoms with Crippen LogP contribution in [0.3, 0.4) is 0 Å². The van der Waals surface area contributed by atoms with Gasteiger partial charge in [0.1, 0.15) is 11.2 Å². The quantitative estimate of drug-likeness (QED) is 0.450. The van der Waals surface area contributed by atoms with Crippen LogP contribution in [-0.2, 0) is 0 Å². The van der Waals surface area contributed by atoms with Crippen molar-refractivity contribution in [3.05, 3.63) is 33.9 Å². The lowest BCUT2D eigenvalue weighted by Gasteiger charge is -2.19. The summed E-state index contributed by atoms with van der Waals surface area (Å²) in [5.41, 5.74) is 4.25. The van der Waals surface area contributed by atoms with Gasteiger partial charge < -0.3 is 31.1 Å². The fourth-order valence-corrected chi connectivity index (χ4v) is 3.00. The molecule has 26 heavy (non-hydrogen) atoms. The summed E-state index contributed by atoms with van der Waals surface area (Å²) in [5, 5.41) is 21.6. The van der Waals surface area contributed by atoms with Crippen LogP contribution in [0.2, 0.25) is 0 Å². The molecule has 140 valence electrons. The zero-order valence-corrected chi connectivity index (χ0v) is 13.9. The number of aromatic amines is 1. The van der Waals surface area contributed by atoms with Crippen LogP contribution in [0.15, 0.2) is 17.1 Å². The van der Waals surface area contributed by atoms with Gasteiger partial charge in [-0.15, -0.1) is 0 Å². The minimum atomic E-state index is -1.38. The van der Waals surface area contributed by atoms with Crippen LogP contribution < -0.4 is 21.4 Å². The van der Waals surface area contributed by atoms with Crippen molar-refractivity contribution in [2.45, 2.75) is 18.6 Å². The lowest BCUT2D eigenvalue weighted by molar-refractivity contribution is 0.0695. The lowest BCUT2D eigenvalue weighted by Crippen LogP contribution is -2.40. The molecule has 0 amide bonds. The lowest BCUT2D eigenvalue weighted by atomic mass is 10.2. The van der Waals surface area contributed by atoms with Crippen LogP contribution in [-0.4, -0.2) is 64.5 Å². The van der Waals surface area contributed by atoms with Crippen LogP contribution in [0, 0.1) is 5.82 Å². The fourth-order valence-electron chi connectivity index (χ4n) is 3.00. The number of aliphatic hydroxyl groups excluding tert-OH is 1. The van der Waals surface area contributed by atoms with E-state index in [1.807, 2.05) is 0 Å². The Kier molecular flexibility index (Phi) is 5.16. The predicted molar refractivity (Wildman–Crippen MR) is 93.0 cm³/mol.